The number of amides is 1. The first-order valence-corrected chi connectivity index (χ1v) is 11.8. The van der Waals surface area contributed by atoms with Crippen LogP contribution in [-0.4, -0.2) is 47.5 Å². The minimum absolute atomic E-state index is 0.00827. The number of benzene rings is 1. The van der Waals surface area contributed by atoms with Crippen molar-refractivity contribution in [2.45, 2.75) is 44.1 Å². The highest BCUT2D eigenvalue weighted by Gasteiger charge is 2.45. The number of fused-ring (bicyclic) bond motifs is 4. The van der Waals surface area contributed by atoms with Gasteiger partial charge < -0.3 is 19.5 Å². The van der Waals surface area contributed by atoms with E-state index in [1.54, 1.807) is 7.11 Å². The fraction of sp³-hybridized carbons (Fsp3) is 0.462. The summed E-state index contributed by atoms with van der Waals surface area (Å²) in [7, 11) is 1.71. The molecule has 1 aliphatic carbocycles. The number of carbonyl (C=O) groups excluding carboxylic acids is 1. The number of H-pyrrole nitrogens is 1. The first-order chi connectivity index (χ1) is 15.7. The molecular formula is C26H30N4O2. The Morgan fingerprint density at radius 2 is 2.03 bits per heavy atom. The van der Waals surface area contributed by atoms with Gasteiger partial charge in [0.2, 0.25) is 5.91 Å². The summed E-state index contributed by atoms with van der Waals surface area (Å²) in [5, 5.41) is 1.29. The van der Waals surface area contributed by atoms with E-state index >= 15 is 0 Å². The quantitative estimate of drug-likeness (QED) is 0.675. The second-order valence-corrected chi connectivity index (χ2v) is 9.67. The number of nitrogens with zero attached hydrogens (tertiary/aromatic N) is 3. The second-order valence-electron chi connectivity index (χ2n) is 9.67. The molecule has 2 fully saturated rings. The highest BCUT2D eigenvalue weighted by atomic mass is 16.5. The van der Waals surface area contributed by atoms with Crippen LogP contribution in [0.1, 0.15) is 43.4 Å². The summed E-state index contributed by atoms with van der Waals surface area (Å²) in [5.41, 5.74) is 3.85. The van der Waals surface area contributed by atoms with Crippen LogP contribution in [0.3, 0.4) is 0 Å². The van der Waals surface area contributed by atoms with Gasteiger partial charge in [0.1, 0.15) is 11.6 Å². The second kappa shape index (κ2) is 7.54. The van der Waals surface area contributed by atoms with Gasteiger partial charge in [-0.15, -0.1) is 0 Å². The van der Waals surface area contributed by atoms with Gasteiger partial charge in [-0.25, -0.2) is 4.98 Å². The van der Waals surface area contributed by atoms with Crippen molar-refractivity contribution in [2.75, 3.05) is 31.6 Å². The van der Waals surface area contributed by atoms with Gasteiger partial charge in [0, 0.05) is 59.8 Å². The molecule has 1 N–H and O–H groups in total. The van der Waals surface area contributed by atoms with Crippen molar-refractivity contribution in [3.63, 3.8) is 0 Å². The summed E-state index contributed by atoms with van der Waals surface area (Å²) in [6, 6.07) is 12.5. The van der Waals surface area contributed by atoms with Crippen LogP contribution >= 0.6 is 0 Å². The number of hydrogen-bond donors (Lipinski definition) is 1. The fourth-order valence-corrected chi connectivity index (χ4v) is 5.95. The molecule has 2 aliphatic heterocycles. The van der Waals surface area contributed by atoms with Gasteiger partial charge in [-0.2, -0.15) is 0 Å². The lowest BCUT2D eigenvalue weighted by atomic mass is 9.69. The van der Waals surface area contributed by atoms with Crippen LogP contribution < -0.4 is 9.64 Å². The zero-order valence-corrected chi connectivity index (χ0v) is 18.6. The van der Waals surface area contributed by atoms with Crippen molar-refractivity contribution < 1.29 is 9.53 Å². The maximum Gasteiger partial charge on any atom is 0.225 e. The van der Waals surface area contributed by atoms with Crippen LogP contribution in [0.15, 0.2) is 42.6 Å². The number of pyridine rings is 1. The number of carbonyl (C=O) groups is 1. The molecular weight excluding hydrogens is 400 g/mol. The van der Waals surface area contributed by atoms with E-state index in [2.05, 4.69) is 50.1 Å². The number of piperidine rings is 1. The lowest BCUT2D eigenvalue weighted by Crippen LogP contribution is -2.54. The van der Waals surface area contributed by atoms with Crippen LogP contribution in [-0.2, 0) is 16.8 Å². The Morgan fingerprint density at radius 1 is 1.19 bits per heavy atom. The number of ether oxygens (including phenoxy) is 1. The zero-order valence-electron chi connectivity index (χ0n) is 18.6. The van der Waals surface area contributed by atoms with E-state index in [4.69, 9.17) is 4.74 Å². The summed E-state index contributed by atoms with van der Waals surface area (Å²) in [5.74, 6) is 2.54. The molecule has 4 heterocycles. The van der Waals surface area contributed by atoms with Crippen molar-refractivity contribution in [3.8, 4) is 5.75 Å². The maximum atomic E-state index is 12.9. The van der Waals surface area contributed by atoms with Gasteiger partial charge in [-0.3, -0.25) is 4.79 Å². The Labute approximate surface area is 188 Å². The lowest BCUT2D eigenvalue weighted by Gasteiger charge is -2.48. The number of rotatable bonds is 3. The number of aromatic nitrogens is 2. The molecule has 0 bridgehead atoms. The normalized spacial score (nSPS) is 20.3. The highest BCUT2D eigenvalue weighted by molar-refractivity contribution is 5.88. The van der Waals surface area contributed by atoms with Crippen LogP contribution in [0.2, 0.25) is 0 Å². The number of anilines is 1. The average Bonchev–Trinajstić information content (AvgIpc) is 3.17. The van der Waals surface area contributed by atoms with Crippen molar-refractivity contribution in [2.24, 2.45) is 5.92 Å². The van der Waals surface area contributed by atoms with Gasteiger partial charge >= 0.3 is 0 Å². The van der Waals surface area contributed by atoms with Crippen LogP contribution in [0.25, 0.3) is 10.9 Å². The van der Waals surface area contributed by atoms with E-state index in [-0.39, 0.29) is 11.3 Å². The smallest absolute Gasteiger partial charge is 0.225 e. The third kappa shape index (κ3) is 3.07. The van der Waals surface area contributed by atoms with Crippen molar-refractivity contribution in [1.82, 2.24) is 14.9 Å². The number of likely N-dealkylation sites (tertiary alicyclic amines) is 1. The molecule has 1 aromatic carbocycles. The van der Waals surface area contributed by atoms with E-state index in [9.17, 15) is 4.79 Å². The molecule has 3 aromatic rings. The van der Waals surface area contributed by atoms with Crippen molar-refractivity contribution in [1.29, 1.82) is 0 Å². The Bertz CT molecular complexity index is 1140. The third-order valence-electron chi connectivity index (χ3n) is 7.92. The average molecular weight is 431 g/mol. The van der Waals surface area contributed by atoms with E-state index in [0.717, 1.165) is 68.9 Å². The number of hydrogen-bond acceptors (Lipinski definition) is 4. The molecule has 6 heteroatoms. The predicted octanol–water partition coefficient (Wildman–Crippen LogP) is 4.25. The summed E-state index contributed by atoms with van der Waals surface area (Å²) in [6.07, 6.45) is 7.19. The summed E-state index contributed by atoms with van der Waals surface area (Å²) in [6.45, 7) is 3.43. The van der Waals surface area contributed by atoms with Crippen molar-refractivity contribution >= 4 is 22.6 Å². The fourth-order valence-electron chi connectivity index (χ4n) is 5.95. The van der Waals surface area contributed by atoms with Gasteiger partial charge in [-0.1, -0.05) is 12.5 Å². The molecule has 32 heavy (non-hydrogen) atoms. The standard InChI is InChI=1S/C26H30N4O2/c1-32-19-8-9-20-21(15-19)28-22-16-30(23-7-2-3-12-27-23)17-26(24(20)22)10-13-29(14-11-26)25(31)18-5-4-6-18/h2-3,7-9,12,15,18,28H,4-6,10-11,13-14,16-17H2,1H3. The summed E-state index contributed by atoms with van der Waals surface area (Å²) >= 11 is 0. The maximum absolute atomic E-state index is 12.9. The Kier molecular flexibility index (Phi) is 4.63. The zero-order chi connectivity index (χ0) is 21.7. The molecule has 0 atom stereocenters. The van der Waals surface area contributed by atoms with Crippen LogP contribution in [0.4, 0.5) is 5.82 Å². The van der Waals surface area contributed by atoms with E-state index in [0.29, 0.717) is 5.91 Å². The largest absolute Gasteiger partial charge is 0.497 e. The molecule has 0 unspecified atom stereocenters. The lowest BCUT2D eigenvalue weighted by molar-refractivity contribution is -0.139. The number of aromatic amines is 1. The summed E-state index contributed by atoms with van der Waals surface area (Å²) < 4.78 is 5.48. The Morgan fingerprint density at radius 3 is 2.72 bits per heavy atom. The molecule has 166 valence electrons. The number of nitrogens with one attached hydrogen (secondary N) is 1. The predicted molar refractivity (Wildman–Crippen MR) is 125 cm³/mol. The van der Waals surface area contributed by atoms with Crippen molar-refractivity contribution in [3.05, 3.63) is 53.9 Å². The minimum Gasteiger partial charge on any atom is -0.497 e. The number of methoxy groups -OCH3 is 1. The Balaban J connectivity index is 1.38. The highest BCUT2D eigenvalue weighted by Crippen LogP contribution is 2.47. The van der Waals surface area contributed by atoms with Gasteiger partial charge in [0.25, 0.3) is 0 Å². The molecule has 1 amide bonds. The molecule has 1 spiro atoms. The molecule has 6 nitrogen and oxygen atoms in total. The van der Waals surface area contributed by atoms with E-state index in [1.165, 1.54) is 23.1 Å². The molecule has 1 saturated heterocycles. The SMILES string of the molecule is COc1ccc2c3c([nH]c2c1)CN(c1ccccn1)CC31CCN(C(=O)C2CCC2)CC1. The molecule has 1 saturated carbocycles. The molecule has 0 radical (unpaired) electrons. The Hall–Kier alpha value is -3.02. The van der Waals surface area contributed by atoms with E-state index < -0.39 is 0 Å². The molecule has 3 aliphatic rings. The first kappa shape index (κ1) is 19.6. The van der Waals surface area contributed by atoms with Gasteiger partial charge in [-0.05, 0) is 55.5 Å². The molecule has 2 aromatic heterocycles. The van der Waals surface area contributed by atoms with Crippen LogP contribution in [0, 0.1) is 5.92 Å². The van der Waals surface area contributed by atoms with Gasteiger partial charge in [0.15, 0.2) is 0 Å². The minimum atomic E-state index is 0.00827. The van der Waals surface area contributed by atoms with E-state index in [1.807, 2.05) is 12.3 Å². The molecule has 6 rings (SSSR count). The summed E-state index contributed by atoms with van der Waals surface area (Å²) in [4.78, 5) is 25.8. The van der Waals surface area contributed by atoms with Crippen LogP contribution in [0.5, 0.6) is 5.75 Å². The van der Waals surface area contributed by atoms with Gasteiger partial charge in [0.05, 0.1) is 13.7 Å². The topological polar surface area (TPSA) is 61.5 Å². The monoisotopic (exact) mass is 430 g/mol. The first-order valence-electron chi connectivity index (χ1n) is 11.8. The third-order valence-corrected chi connectivity index (χ3v) is 7.92.